The predicted octanol–water partition coefficient (Wildman–Crippen LogP) is 2.84. The van der Waals surface area contributed by atoms with Crippen LogP contribution >= 0.6 is 0 Å². The van der Waals surface area contributed by atoms with Gasteiger partial charge in [-0.2, -0.15) is 0 Å². The topological polar surface area (TPSA) is 38.0 Å². The van der Waals surface area contributed by atoms with Crippen molar-refractivity contribution >= 4 is 10.8 Å². The molecular weight excluding hydrogens is 208 g/mol. The van der Waals surface area contributed by atoms with Gasteiger partial charge in [0.25, 0.3) is 0 Å². The molecule has 2 aromatic carbocycles. The molecule has 0 aliphatic rings. The van der Waals surface area contributed by atoms with Crippen molar-refractivity contribution in [3.05, 3.63) is 48.0 Å². The maximum atomic E-state index is 6.20. The minimum absolute atomic E-state index is 0.146. The third kappa shape index (κ3) is 3.05. The fourth-order valence-corrected chi connectivity index (χ4v) is 2.10. The second-order valence-corrected chi connectivity index (χ2v) is 4.46. The van der Waals surface area contributed by atoms with Crippen LogP contribution in [0, 0.1) is 0 Å². The Morgan fingerprint density at radius 3 is 2.65 bits per heavy atom. The number of hydrogen-bond donors (Lipinski definition) is 2. The molecule has 2 aromatic rings. The molecule has 0 saturated carbocycles. The van der Waals surface area contributed by atoms with E-state index in [1.54, 1.807) is 0 Å². The Morgan fingerprint density at radius 2 is 1.88 bits per heavy atom. The number of nitrogens with one attached hydrogen (secondary N) is 1. The first-order valence-electron chi connectivity index (χ1n) is 6.20. The van der Waals surface area contributed by atoms with Crippen LogP contribution in [-0.4, -0.2) is 13.6 Å². The SMILES string of the molecule is CNCCCC(N)c1ccc2ccccc2c1. The number of hydrogen-bond acceptors (Lipinski definition) is 2. The molecule has 0 amide bonds. The number of nitrogens with two attached hydrogens (primary N) is 1. The number of fused-ring (bicyclic) bond motifs is 1. The van der Waals surface area contributed by atoms with Crippen molar-refractivity contribution in [1.29, 1.82) is 0 Å². The van der Waals surface area contributed by atoms with Crippen molar-refractivity contribution in [1.82, 2.24) is 5.32 Å². The molecule has 0 fully saturated rings. The molecule has 0 aliphatic carbocycles. The van der Waals surface area contributed by atoms with Gasteiger partial charge in [0.15, 0.2) is 0 Å². The van der Waals surface area contributed by atoms with Crippen LogP contribution < -0.4 is 11.1 Å². The standard InChI is InChI=1S/C15H20N2/c1-17-10-4-7-15(16)14-9-8-12-5-2-3-6-13(12)11-14/h2-3,5-6,8-9,11,15,17H,4,7,10,16H2,1H3. The third-order valence-electron chi connectivity index (χ3n) is 3.14. The van der Waals surface area contributed by atoms with Crippen molar-refractivity contribution in [3.63, 3.8) is 0 Å². The van der Waals surface area contributed by atoms with E-state index >= 15 is 0 Å². The third-order valence-corrected chi connectivity index (χ3v) is 3.14. The van der Waals surface area contributed by atoms with Crippen LogP contribution in [0.5, 0.6) is 0 Å². The molecule has 0 bridgehead atoms. The highest BCUT2D eigenvalue weighted by molar-refractivity contribution is 5.83. The van der Waals surface area contributed by atoms with Gasteiger partial charge in [-0.15, -0.1) is 0 Å². The van der Waals surface area contributed by atoms with Crippen molar-refractivity contribution in [2.24, 2.45) is 5.73 Å². The average molecular weight is 228 g/mol. The Bertz CT molecular complexity index is 479. The highest BCUT2D eigenvalue weighted by Gasteiger charge is 2.05. The lowest BCUT2D eigenvalue weighted by atomic mass is 9.99. The number of rotatable bonds is 5. The van der Waals surface area contributed by atoms with Crippen LogP contribution in [0.25, 0.3) is 10.8 Å². The van der Waals surface area contributed by atoms with Gasteiger partial charge in [-0.25, -0.2) is 0 Å². The van der Waals surface area contributed by atoms with E-state index in [0.717, 1.165) is 19.4 Å². The van der Waals surface area contributed by atoms with E-state index in [0.29, 0.717) is 0 Å². The molecule has 0 saturated heterocycles. The summed E-state index contributed by atoms with van der Waals surface area (Å²) in [5, 5.41) is 5.70. The summed E-state index contributed by atoms with van der Waals surface area (Å²) in [6.45, 7) is 1.03. The van der Waals surface area contributed by atoms with E-state index in [4.69, 9.17) is 5.73 Å². The zero-order chi connectivity index (χ0) is 12.1. The molecule has 0 aromatic heterocycles. The first-order valence-corrected chi connectivity index (χ1v) is 6.20. The Labute approximate surface area is 103 Å². The van der Waals surface area contributed by atoms with Gasteiger partial charge in [-0.1, -0.05) is 36.4 Å². The van der Waals surface area contributed by atoms with Gasteiger partial charge in [0.1, 0.15) is 0 Å². The molecule has 2 heteroatoms. The van der Waals surface area contributed by atoms with Crippen LogP contribution in [0.3, 0.4) is 0 Å². The fraction of sp³-hybridized carbons (Fsp3) is 0.333. The predicted molar refractivity (Wildman–Crippen MR) is 74.0 cm³/mol. The molecule has 0 heterocycles. The average Bonchev–Trinajstić information content (AvgIpc) is 2.38. The van der Waals surface area contributed by atoms with E-state index in [1.807, 2.05) is 7.05 Å². The largest absolute Gasteiger partial charge is 0.324 e. The van der Waals surface area contributed by atoms with Gasteiger partial charge in [-0.05, 0) is 48.8 Å². The lowest BCUT2D eigenvalue weighted by Crippen LogP contribution is -2.14. The van der Waals surface area contributed by atoms with Crippen LogP contribution in [0.2, 0.25) is 0 Å². The van der Waals surface area contributed by atoms with Crippen LogP contribution in [0.1, 0.15) is 24.4 Å². The molecule has 0 aliphatic heterocycles. The highest BCUT2D eigenvalue weighted by atomic mass is 14.8. The van der Waals surface area contributed by atoms with Gasteiger partial charge in [0.05, 0.1) is 0 Å². The van der Waals surface area contributed by atoms with Gasteiger partial charge in [0, 0.05) is 6.04 Å². The lowest BCUT2D eigenvalue weighted by Gasteiger charge is -2.12. The van der Waals surface area contributed by atoms with E-state index in [9.17, 15) is 0 Å². The van der Waals surface area contributed by atoms with E-state index < -0.39 is 0 Å². The summed E-state index contributed by atoms with van der Waals surface area (Å²) in [4.78, 5) is 0. The smallest absolute Gasteiger partial charge is 0.0295 e. The van der Waals surface area contributed by atoms with Gasteiger partial charge in [0.2, 0.25) is 0 Å². The van der Waals surface area contributed by atoms with Gasteiger partial charge >= 0.3 is 0 Å². The van der Waals surface area contributed by atoms with Crippen LogP contribution in [0.15, 0.2) is 42.5 Å². The molecule has 3 N–H and O–H groups in total. The van der Waals surface area contributed by atoms with Crippen molar-refractivity contribution in [2.75, 3.05) is 13.6 Å². The van der Waals surface area contributed by atoms with Crippen molar-refractivity contribution < 1.29 is 0 Å². The second-order valence-electron chi connectivity index (χ2n) is 4.46. The molecule has 1 atom stereocenters. The normalized spacial score (nSPS) is 12.8. The van der Waals surface area contributed by atoms with Crippen molar-refractivity contribution in [3.8, 4) is 0 Å². The van der Waals surface area contributed by atoms with Gasteiger partial charge < -0.3 is 11.1 Å². The summed E-state index contributed by atoms with van der Waals surface area (Å²) >= 11 is 0. The zero-order valence-corrected chi connectivity index (χ0v) is 10.3. The molecule has 0 radical (unpaired) electrons. The van der Waals surface area contributed by atoms with Gasteiger partial charge in [-0.3, -0.25) is 0 Å². The summed E-state index contributed by atoms with van der Waals surface area (Å²) in [6, 6.07) is 15.1. The Balaban J connectivity index is 2.12. The molecule has 2 nitrogen and oxygen atoms in total. The summed E-state index contributed by atoms with van der Waals surface area (Å²) in [6.07, 6.45) is 2.14. The van der Waals surface area contributed by atoms with E-state index in [-0.39, 0.29) is 6.04 Å². The monoisotopic (exact) mass is 228 g/mol. The van der Waals surface area contributed by atoms with Crippen LogP contribution in [0.4, 0.5) is 0 Å². The second kappa shape index (κ2) is 5.80. The summed E-state index contributed by atoms with van der Waals surface area (Å²) in [5.74, 6) is 0. The van der Waals surface area contributed by atoms with E-state index in [2.05, 4.69) is 47.8 Å². The Morgan fingerprint density at radius 1 is 1.12 bits per heavy atom. The quantitative estimate of drug-likeness (QED) is 0.772. The summed E-state index contributed by atoms with van der Waals surface area (Å²) < 4.78 is 0. The molecule has 0 spiro atoms. The lowest BCUT2D eigenvalue weighted by molar-refractivity contribution is 0.591. The minimum atomic E-state index is 0.146. The Kier molecular flexibility index (Phi) is 4.13. The Hall–Kier alpha value is -1.38. The summed E-state index contributed by atoms with van der Waals surface area (Å²) in [7, 11) is 1.97. The molecule has 90 valence electrons. The molecule has 2 rings (SSSR count). The minimum Gasteiger partial charge on any atom is -0.324 e. The maximum Gasteiger partial charge on any atom is 0.0295 e. The zero-order valence-electron chi connectivity index (χ0n) is 10.3. The molecular formula is C15H20N2. The first kappa shape index (κ1) is 12.1. The van der Waals surface area contributed by atoms with Crippen molar-refractivity contribution in [2.45, 2.75) is 18.9 Å². The maximum absolute atomic E-state index is 6.20. The highest BCUT2D eigenvalue weighted by Crippen LogP contribution is 2.21. The fourth-order valence-electron chi connectivity index (χ4n) is 2.10. The van der Waals surface area contributed by atoms with Crippen LogP contribution in [-0.2, 0) is 0 Å². The molecule has 1 unspecified atom stereocenters. The number of benzene rings is 2. The summed E-state index contributed by atoms with van der Waals surface area (Å²) in [5.41, 5.74) is 7.43. The van der Waals surface area contributed by atoms with E-state index in [1.165, 1.54) is 16.3 Å². The first-order chi connectivity index (χ1) is 8.31. The molecule has 17 heavy (non-hydrogen) atoms.